The molecule has 1 fully saturated rings. The zero-order valence-electron chi connectivity index (χ0n) is 17.7. The van der Waals surface area contributed by atoms with Crippen LogP contribution in [-0.4, -0.2) is 49.0 Å². The Bertz CT molecular complexity index is 1300. The number of H-pyrrole nitrogens is 1. The summed E-state index contributed by atoms with van der Waals surface area (Å²) in [5, 5.41) is 11.0. The molecule has 0 saturated heterocycles. The summed E-state index contributed by atoms with van der Waals surface area (Å²) in [6, 6.07) is 4.00. The topological polar surface area (TPSA) is 100 Å². The molecule has 0 unspecified atom stereocenters. The lowest BCUT2D eigenvalue weighted by atomic mass is 9.81. The number of aromatic amines is 1. The number of nitrogens with zero attached hydrogens (tertiary/aromatic N) is 4. The van der Waals surface area contributed by atoms with Crippen molar-refractivity contribution in [2.75, 3.05) is 11.9 Å². The van der Waals surface area contributed by atoms with Crippen molar-refractivity contribution in [3.8, 4) is 11.1 Å². The van der Waals surface area contributed by atoms with E-state index in [1.165, 1.54) is 6.20 Å². The largest absolute Gasteiger partial charge is 0.352 e. The van der Waals surface area contributed by atoms with Crippen LogP contribution in [0.2, 0.25) is 0 Å². The van der Waals surface area contributed by atoms with Gasteiger partial charge in [0, 0.05) is 55.0 Å². The third kappa shape index (κ3) is 3.76. The number of aromatic nitrogens is 5. The van der Waals surface area contributed by atoms with Gasteiger partial charge < -0.3 is 15.6 Å². The first kappa shape index (κ1) is 20.3. The second-order valence-corrected chi connectivity index (χ2v) is 8.60. The summed E-state index contributed by atoms with van der Waals surface area (Å²) in [4.78, 5) is 24.8. The lowest BCUT2D eigenvalue weighted by Gasteiger charge is -2.34. The number of halogens is 2. The predicted molar refractivity (Wildman–Crippen MR) is 117 cm³/mol. The molecule has 32 heavy (non-hydrogen) atoms. The molecule has 5 rings (SSSR count). The van der Waals surface area contributed by atoms with Crippen LogP contribution in [0.15, 0.2) is 36.9 Å². The zero-order chi connectivity index (χ0) is 22.5. The van der Waals surface area contributed by atoms with Crippen LogP contribution in [0, 0.1) is 5.92 Å². The molecule has 4 heterocycles. The second kappa shape index (κ2) is 7.54. The van der Waals surface area contributed by atoms with E-state index in [-0.39, 0.29) is 37.3 Å². The van der Waals surface area contributed by atoms with Crippen molar-refractivity contribution >= 4 is 28.4 Å². The second-order valence-electron chi connectivity index (χ2n) is 8.60. The van der Waals surface area contributed by atoms with Crippen molar-refractivity contribution in [2.45, 2.75) is 38.7 Å². The van der Waals surface area contributed by atoms with Crippen LogP contribution in [0.3, 0.4) is 0 Å². The molecule has 0 bridgehead atoms. The van der Waals surface area contributed by atoms with E-state index in [1.54, 1.807) is 16.9 Å². The lowest BCUT2D eigenvalue weighted by molar-refractivity contribution is -0.108. The van der Waals surface area contributed by atoms with Gasteiger partial charge in [0.15, 0.2) is 0 Å². The normalized spacial score (nSPS) is 15.9. The van der Waals surface area contributed by atoms with Gasteiger partial charge in [-0.2, -0.15) is 10.1 Å². The Labute approximate surface area is 182 Å². The number of carbonyl (C=O) groups is 1. The summed E-state index contributed by atoms with van der Waals surface area (Å²) in [6.45, 7) is 4.27. The Morgan fingerprint density at radius 3 is 2.91 bits per heavy atom. The third-order valence-corrected chi connectivity index (χ3v) is 5.65. The van der Waals surface area contributed by atoms with Crippen LogP contribution >= 0.6 is 0 Å². The van der Waals surface area contributed by atoms with E-state index in [9.17, 15) is 13.6 Å². The fourth-order valence-electron chi connectivity index (χ4n) is 4.06. The highest BCUT2D eigenvalue weighted by Gasteiger charge is 2.45. The van der Waals surface area contributed by atoms with E-state index in [0.29, 0.717) is 22.7 Å². The molecule has 4 aromatic heterocycles. The summed E-state index contributed by atoms with van der Waals surface area (Å²) in [6.07, 6.45) is 6.54. The van der Waals surface area contributed by atoms with Gasteiger partial charge in [-0.3, -0.25) is 4.79 Å². The number of hydrogen-bond donors (Lipinski definition) is 3. The Hall–Kier alpha value is -3.56. The number of alkyl halides is 2. The van der Waals surface area contributed by atoms with E-state index in [4.69, 9.17) is 0 Å². The molecule has 10 heteroatoms. The molecule has 8 nitrogen and oxygen atoms in total. The van der Waals surface area contributed by atoms with Crippen molar-refractivity contribution in [1.29, 1.82) is 0 Å². The van der Waals surface area contributed by atoms with Crippen LogP contribution in [0.1, 0.15) is 37.0 Å². The molecule has 3 N–H and O–H groups in total. The minimum atomic E-state index is -2.59. The lowest BCUT2D eigenvalue weighted by Crippen LogP contribution is -2.42. The first-order valence-corrected chi connectivity index (χ1v) is 10.5. The van der Waals surface area contributed by atoms with Gasteiger partial charge in [-0.1, -0.05) is 0 Å². The van der Waals surface area contributed by atoms with Gasteiger partial charge in [0.05, 0.1) is 17.3 Å². The minimum Gasteiger partial charge on any atom is -0.352 e. The number of anilines is 1. The molecule has 0 atom stereocenters. The fourth-order valence-corrected chi connectivity index (χ4v) is 4.06. The van der Waals surface area contributed by atoms with E-state index >= 15 is 0 Å². The summed E-state index contributed by atoms with van der Waals surface area (Å²) >= 11 is 0. The van der Waals surface area contributed by atoms with Crippen molar-refractivity contribution in [1.82, 2.24) is 29.9 Å². The Kier molecular flexibility index (Phi) is 4.79. The monoisotopic (exact) mass is 439 g/mol. The highest BCUT2D eigenvalue weighted by atomic mass is 19.3. The highest BCUT2D eigenvalue weighted by molar-refractivity contribution is 6.02. The Morgan fingerprint density at radius 2 is 2.16 bits per heavy atom. The van der Waals surface area contributed by atoms with Crippen molar-refractivity contribution in [2.24, 2.45) is 5.92 Å². The van der Waals surface area contributed by atoms with Gasteiger partial charge in [0.2, 0.25) is 11.9 Å². The zero-order valence-corrected chi connectivity index (χ0v) is 17.7. The molecule has 0 spiro atoms. The van der Waals surface area contributed by atoms with Crippen LogP contribution in [-0.2, 0) is 0 Å². The SMILES string of the molecule is CC(C)Nc1ncc2c(-c3ccn4ncc(C(=O)NCC5CC(F)(F)C5)c4c3)c[nH]c2n1. The number of carbonyl (C=O) groups excluding carboxylic acids is 1. The van der Waals surface area contributed by atoms with Gasteiger partial charge in [-0.25, -0.2) is 18.3 Å². The maximum absolute atomic E-state index is 13.0. The molecule has 1 aliphatic rings. The number of fused-ring (bicyclic) bond motifs is 2. The Balaban J connectivity index is 1.40. The number of pyridine rings is 1. The molecule has 0 aliphatic heterocycles. The van der Waals surface area contributed by atoms with Gasteiger partial charge >= 0.3 is 0 Å². The fraction of sp³-hybridized carbons (Fsp3) is 0.364. The Morgan fingerprint density at radius 1 is 1.34 bits per heavy atom. The van der Waals surface area contributed by atoms with Gasteiger partial charge in [0.1, 0.15) is 5.65 Å². The van der Waals surface area contributed by atoms with Crippen LogP contribution in [0.25, 0.3) is 27.7 Å². The molecule has 1 saturated carbocycles. The van der Waals surface area contributed by atoms with Crippen LogP contribution in [0.4, 0.5) is 14.7 Å². The third-order valence-electron chi connectivity index (χ3n) is 5.65. The van der Waals surface area contributed by atoms with Gasteiger partial charge in [-0.05, 0) is 37.5 Å². The number of nitrogens with one attached hydrogen (secondary N) is 3. The van der Waals surface area contributed by atoms with E-state index in [1.807, 2.05) is 32.2 Å². The minimum absolute atomic E-state index is 0.177. The first-order chi connectivity index (χ1) is 15.3. The maximum Gasteiger partial charge on any atom is 0.255 e. The van der Waals surface area contributed by atoms with E-state index in [2.05, 4.69) is 30.7 Å². The molecule has 1 amide bonds. The van der Waals surface area contributed by atoms with Crippen LogP contribution in [0.5, 0.6) is 0 Å². The van der Waals surface area contributed by atoms with E-state index < -0.39 is 5.92 Å². The summed E-state index contributed by atoms with van der Waals surface area (Å²) in [5.74, 6) is -2.55. The summed E-state index contributed by atoms with van der Waals surface area (Å²) in [7, 11) is 0. The average Bonchev–Trinajstić information content (AvgIpc) is 3.33. The molecular formula is C22H23F2N7O. The van der Waals surface area contributed by atoms with Crippen LogP contribution < -0.4 is 10.6 Å². The van der Waals surface area contributed by atoms with Gasteiger partial charge in [-0.15, -0.1) is 0 Å². The number of rotatable bonds is 6. The summed E-state index contributed by atoms with van der Waals surface area (Å²) in [5.41, 5.74) is 3.53. The van der Waals surface area contributed by atoms with Crippen molar-refractivity contribution in [3.63, 3.8) is 0 Å². The average molecular weight is 439 g/mol. The smallest absolute Gasteiger partial charge is 0.255 e. The van der Waals surface area contributed by atoms with Crippen molar-refractivity contribution in [3.05, 3.63) is 42.5 Å². The summed E-state index contributed by atoms with van der Waals surface area (Å²) < 4.78 is 27.7. The molecule has 0 aromatic carbocycles. The van der Waals surface area contributed by atoms with Crippen molar-refractivity contribution < 1.29 is 13.6 Å². The molecule has 0 radical (unpaired) electrons. The molecule has 4 aromatic rings. The quantitative estimate of drug-likeness (QED) is 0.424. The number of hydrogen-bond acceptors (Lipinski definition) is 5. The van der Waals surface area contributed by atoms with E-state index in [0.717, 1.165) is 16.5 Å². The highest BCUT2D eigenvalue weighted by Crippen LogP contribution is 2.41. The van der Waals surface area contributed by atoms with Gasteiger partial charge in [0.25, 0.3) is 5.91 Å². The molecule has 1 aliphatic carbocycles. The standard InChI is InChI=1S/C22H23F2N7O/c1-12(2)29-21-27-10-16-15(9-25-19(16)30-21)14-3-4-31-18(5-14)17(11-28-31)20(32)26-8-13-6-22(23,24)7-13/h3-5,9-13H,6-8H2,1-2H3,(H,26,32)(H2,25,27,29,30). The first-order valence-electron chi connectivity index (χ1n) is 10.5. The number of amides is 1. The predicted octanol–water partition coefficient (Wildman–Crippen LogP) is 3.87. The maximum atomic E-state index is 13.0. The molecule has 166 valence electrons. The molecular weight excluding hydrogens is 416 g/mol.